The van der Waals surface area contributed by atoms with E-state index in [1.165, 1.54) is 6.20 Å². The van der Waals surface area contributed by atoms with Crippen molar-refractivity contribution in [2.45, 2.75) is 6.42 Å². The maximum atomic E-state index is 11.8. The zero-order valence-electron chi connectivity index (χ0n) is 10.9. The van der Waals surface area contributed by atoms with Crippen molar-refractivity contribution in [1.82, 2.24) is 10.3 Å². The van der Waals surface area contributed by atoms with Crippen molar-refractivity contribution in [1.29, 1.82) is 0 Å². The minimum absolute atomic E-state index is 0.197. The Balaban J connectivity index is 1.69. The van der Waals surface area contributed by atoms with Crippen LogP contribution in [-0.4, -0.2) is 24.0 Å². The Morgan fingerprint density at radius 1 is 1.25 bits per heavy atom. The van der Waals surface area contributed by atoms with E-state index in [2.05, 4.69) is 10.3 Å². The van der Waals surface area contributed by atoms with Gasteiger partial charge in [-0.25, -0.2) is 0 Å². The topological polar surface area (TPSA) is 51.2 Å². The average Bonchev–Trinajstić information content (AvgIpc) is 2.48. The molecule has 1 N–H and O–H groups in total. The molecule has 0 saturated carbocycles. The van der Waals surface area contributed by atoms with Crippen molar-refractivity contribution < 1.29 is 9.53 Å². The minimum atomic E-state index is -0.197. The Hall–Kier alpha value is -2.07. The number of halogens is 1. The smallest absolute Gasteiger partial charge is 0.252 e. The monoisotopic (exact) mass is 290 g/mol. The number of nitrogens with one attached hydrogen (secondary N) is 1. The molecule has 104 valence electrons. The van der Waals surface area contributed by atoms with Crippen molar-refractivity contribution in [3.8, 4) is 5.75 Å². The average molecular weight is 291 g/mol. The molecule has 1 amide bonds. The fourth-order valence-corrected chi connectivity index (χ4v) is 1.84. The lowest BCUT2D eigenvalue weighted by molar-refractivity contribution is 0.0951. The number of hydrogen-bond donors (Lipinski definition) is 1. The molecule has 4 nitrogen and oxygen atoms in total. The molecule has 0 aliphatic rings. The summed E-state index contributed by atoms with van der Waals surface area (Å²) in [5.41, 5.74) is 0.436. The van der Waals surface area contributed by atoms with E-state index in [1.807, 2.05) is 30.3 Å². The Bertz CT molecular complexity index is 561. The van der Waals surface area contributed by atoms with Crippen LogP contribution in [0.1, 0.15) is 16.8 Å². The van der Waals surface area contributed by atoms with E-state index >= 15 is 0 Å². The molecular formula is C15H15ClN2O2. The standard InChI is InChI=1S/C15H15ClN2O2/c16-14-11-17-9-7-13(14)15(19)18-8-4-10-20-12-5-2-1-3-6-12/h1-3,5-7,9,11H,4,8,10H2,(H,18,19). The van der Waals surface area contributed by atoms with Gasteiger partial charge in [-0.1, -0.05) is 29.8 Å². The van der Waals surface area contributed by atoms with Crippen LogP contribution in [0.3, 0.4) is 0 Å². The van der Waals surface area contributed by atoms with E-state index in [-0.39, 0.29) is 5.91 Å². The van der Waals surface area contributed by atoms with Crippen LogP contribution in [0.5, 0.6) is 5.75 Å². The molecule has 5 heteroatoms. The summed E-state index contributed by atoms with van der Waals surface area (Å²) in [7, 11) is 0. The van der Waals surface area contributed by atoms with Gasteiger partial charge in [0.15, 0.2) is 0 Å². The van der Waals surface area contributed by atoms with Gasteiger partial charge in [-0.3, -0.25) is 9.78 Å². The van der Waals surface area contributed by atoms with E-state index in [4.69, 9.17) is 16.3 Å². The van der Waals surface area contributed by atoms with Crippen LogP contribution in [0.4, 0.5) is 0 Å². The third-order valence-corrected chi connectivity index (χ3v) is 2.94. The number of nitrogens with zero attached hydrogens (tertiary/aromatic N) is 1. The first-order valence-electron chi connectivity index (χ1n) is 6.33. The maximum Gasteiger partial charge on any atom is 0.252 e. The quantitative estimate of drug-likeness (QED) is 0.832. The molecule has 0 aliphatic carbocycles. The lowest BCUT2D eigenvalue weighted by atomic mass is 10.2. The van der Waals surface area contributed by atoms with Gasteiger partial charge in [0.1, 0.15) is 5.75 Å². The van der Waals surface area contributed by atoms with Gasteiger partial charge >= 0.3 is 0 Å². The van der Waals surface area contributed by atoms with Crippen LogP contribution in [0.15, 0.2) is 48.8 Å². The number of benzene rings is 1. The molecule has 0 spiro atoms. The SMILES string of the molecule is O=C(NCCCOc1ccccc1)c1ccncc1Cl. The summed E-state index contributed by atoms with van der Waals surface area (Å²) in [5.74, 6) is 0.633. The Morgan fingerprint density at radius 3 is 2.80 bits per heavy atom. The van der Waals surface area contributed by atoms with Gasteiger partial charge < -0.3 is 10.1 Å². The van der Waals surface area contributed by atoms with Crippen molar-refractivity contribution in [3.63, 3.8) is 0 Å². The second-order valence-corrected chi connectivity index (χ2v) is 4.53. The third-order valence-electron chi connectivity index (χ3n) is 2.64. The normalized spacial score (nSPS) is 10.1. The third kappa shape index (κ3) is 4.24. The van der Waals surface area contributed by atoms with E-state index in [0.29, 0.717) is 23.7 Å². The van der Waals surface area contributed by atoms with Gasteiger partial charge in [-0.15, -0.1) is 0 Å². The van der Waals surface area contributed by atoms with Crippen LogP contribution in [-0.2, 0) is 0 Å². The van der Waals surface area contributed by atoms with Crippen molar-refractivity contribution in [3.05, 3.63) is 59.4 Å². The summed E-state index contributed by atoms with van der Waals surface area (Å²) in [5, 5.41) is 3.15. The van der Waals surface area contributed by atoms with Gasteiger partial charge in [0, 0.05) is 18.9 Å². The number of carbonyl (C=O) groups is 1. The summed E-state index contributed by atoms with van der Waals surface area (Å²) < 4.78 is 5.53. The predicted molar refractivity (Wildman–Crippen MR) is 78.1 cm³/mol. The van der Waals surface area contributed by atoms with Gasteiger partial charge in [0.05, 0.1) is 17.2 Å². The molecule has 1 aromatic carbocycles. The number of carbonyl (C=O) groups excluding carboxylic acids is 1. The maximum absolute atomic E-state index is 11.8. The summed E-state index contributed by atoms with van der Waals surface area (Å²) in [6.07, 6.45) is 3.72. The number of ether oxygens (including phenoxy) is 1. The zero-order chi connectivity index (χ0) is 14.2. The number of amides is 1. The van der Waals surface area contributed by atoms with Crippen LogP contribution >= 0.6 is 11.6 Å². The Kier molecular flexibility index (Phi) is 5.38. The van der Waals surface area contributed by atoms with E-state index in [9.17, 15) is 4.79 Å². The van der Waals surface area contributed by atoms with Crippen molar-refractivity contribution in [2.75, 3.05) is 13.2 Å². The first-order valence-corrected chi connectivity index (χ1v) is 6.71. The summed E-state index contributed by atoms with van der Waals surface area (Å²) >= 11 is 5.89. The van der Waals surface area contributed by atoms with Gasteiger partial charge in [-0.05, 0) is 24.6 Å². The van der Waals surface area contributed by atoms with Crippen LogP contribution < -0.4 is 10.1 Å². The number of hydrogen-bond acceptors (Lipinski definition) is 3. The molecule has 0 unspecified atom stereocenters. The fraction of sp³-hybridized carbons (Fsp3) is 0.200. The Labute approximate surface area is 122 Å². The van der Waals surface area contributed by atoms with E-state index < -0.39 is 0 Å². The highest BCUT2D eigenvalue weighted by molar-refractivity contribution is 6.33. The lowest BCUT2D eigenvalue weighted by Gasteiger charge is -2.08. The molecule has 20 heavy (non-hydrogen) atoms. The highest BCUT2D eigenvalue weighted by atomic mass is 35.5. The van der Waals surface area contributed by atoms with Gasteiger partial charge in [-0.2, -0.15) is 0 Å². The molecule has 0 fully saturated rings. The molecule has 2 aromatic rings. The molecular weight excluding hydrogens is 276 g/mol. The molecule has 0 aliphatic heterocycles. The molecule has 2 rings (SSSR count). The first-order chi connectivity index (χ1) is 9.77. The zero-order valence-corrected chi connectivity index (χ0v) is 11.6. The van der Waals surface area contributed by atoms with Crippen LogP contribution in [0, 0.1) is 0 Å². The minimum Gasteiger partial charge on any atom is -0.494 e. The first kappa shape index (κ1) is 14.3. The second kappa shape index (κ2) is 7.50. The number of pyridine rings is 1. The van der Waals surface area contributed by atoms with Crippen molar-refractivity contribution in [2.24, 2.45) is 0 Å². The van der Waals surface area contributed by atoms with Crippen LogP contribution in [0.25, 0.3) is 0 Å². The molecule has 0 atom stereocenters. The largest absolute Gasteiger partial charge is 0.494 e. The van der Waals surface area contributed by atoms with Crippen molar-refractivity contribution >= 4 is 17.5 Å². The molecule has 1 heterocycles. The molecule has 1 aromatic heterocycles. The Morgan fingerprint density at radius 2 is 2.05 bits per heavy atom. The number of aromatic nitrogens is 1. The molecule has 0 radical (unpaired) electrons. The summed E-state index contributed by atoms with van der Waals surface area (Å²) in [4.78, 5) is 15.7. The summed E-state index contributed by atoms with van der Waals surface area (Å²) in [6, 6.07) is 11.2. The molecule has 0 bridgehead atoms. The molecule has 0 saturated heterocycles. The predicted octanol–water partition coefficient (Wildman–Crippen LogP) is 2.93. The number of para-hydroxylation sites is 1. The van der Waals surface area contributed by atoms with Crippen LogP contribution in [0.2, 0.25) is 5.02 Å². The highest BCUT2D eigenvalue weighted by Crippen LogP contribution is 2.12. The summed E-state index contributed by atoms with van der Waals surface area (Å²) in [6.45, 7) is 1.08. The lowest BCUT2D eigenvalue weighted by Crippen LogP contribution is -2.25. The van der Waals surface area contributed by atoms with Gasteiger partial charge in [0.2, 0.25) is 0 Å². The van der Waals surface area contributed by atoms with Gasteiger partial charge in [0.25, 0.3) is 5.91 Å². The number of rotatable bonds is 6. The van der Waals surface area contributed by atoms with E-state index in [1.54, 1.807) is 12.3 Å². The fourth-order valence-electron chi connectivity index (χ4n) is 1.64. The second-order valence-electron chi connectivity index (χ2n) is 4.13. The van der Waals surface area contributed by atoms with E-state index in [0.717, 1.165) is 12.2 Å². The highest BCUT2D eigenvalue weighted by Gasteiger charge is 2.08.